The normalized spacial score (nSPS) is 13.9. The summed E-state index contributed by atoms with van der Waals surface area (Å²) in [7, 11) is -4.20. The highest BCUT2D eigenvalue weighted by molar-refractivity contribution is 6.69. The first-order valence-electron chi connectivity index (χ1n) is 11.5. The molecule has 0 heterocycles. The second-order valence-corrected chi connectivity index (χ2v) is 14.5. The van der Waals surface area contributed by atoms with Crippen LogP contribution in [0, 0.1) is 0 Å². The van der Waals surface area contributed by atoms with Gasteiger partial charge in [0.25, 0.3) is 0 Å². The summed E-state index contributed by atoms with van der Waals surface area (Å²) >= 11 is 0. The maximum absolute atomic E-state index is 6.37. The fourth-order valence-electron chi connectivity index (χ4n) is 4.06. The molecule has 0 aliphatic rings. The minimum Gasteiger partial charge on any atom is -0.394 e. The molecule has 0 radical (unpaired) electrons. The van der Waals surface area contributed by atoms with Crippen molar-refractivity contribution in [1.82, 2.24) is 0 Å². The Morgan fingerprint density at radius 1 is 0.593 bits per heavy atom. The van der Waals surface area contributed by atoms with Crippen LogP contribution in [0.4, 0.5) is 0 Å². The van der Waals surface area contributed by atoms with Crippen molar-refractivity contribution in [1.29, 1.82) is 0 Å². The smallest absolute Gasteiger partial charge is 0.341 e. The van der Waals surface area contributed by atoms with Gasteiger partial charge in [-0.1, -0.05) is 52.9 Å². The van der Waals surface area contributed by atoms with Crippen LogP contribution in [0.3, 0.4) is 0 Å². The van der Waals surface area contributed by atoms with Crippen LogP contribution in [-0.2, 0) is 17.7 Å². The predicted octanol–water partition coefficient (Wildman–Crippen LogP) is 6.79. The molecule has 6 heteroatoms. The van der Waals surface area contributed by atoms with Crippen molar-refractivity contribution >= 4 is 17.1 Å². The van der Waals surface area contributed by atoms with Crippen LogP contribution in [0.2, 0.25) is 23.7 Å². The van der Waals surface area contributed by atoms with Gasteiger partial charge in [0.2, 0.25) is 0 Å². The fourth-order valence-corrected chi connectivity index (χ4v) is 11.4. The molecule has 0 aliphatic carbocycles. The van der Waals surface area contributed by atoms with Gasteiger partial charge >= 0.3 is 17.1 Å². The van der Waals surface area contributed by atoms with E-state index in [9.17, 15) is 0 Å². The third-order valence-corrected chi connectivity index (χ3v) is 13.7. The number of unbranched alkanes of at least 4 members (excludes halogenated alkanes) is 2. The van der Waals surface area contributed by atoms with Crippen LogP contribution in [0.1, 0.15) is 87.0 Å². The van der Waals surface area contributed by atoms with Gasteiger partial charge in [-0.2, -0.15) is 0 Å². The summed E-state index contributed by atoms with van der Waals surface area (Å²) in [6.07, 6.45) is 7.16. The Balaban J connectivity index is 4.92. The second kappa shape index (κ2) is 16.1. The lowest BCUT2D eigenvalue weighted by Gasteiger charge is -2.36. The maximum Gasteiger partial charge on any atom is 0.341 e. The zero-order valence-electron chi connectivity index (χ0n) is 19.4. The van der Waals surface area contributed by atoms with Crippen molar-refractivity contribution in [3.8, 4) is 0 Å². The van der Waals surface area contributed by atoms with Crippen molar-refractivity contribution in [3.05, 3.63) is 0 Å². The van der Waals surface area contributed by atoms with Crippen LogP contribution in [0.15, 0.2) is 0 Å². The molecule has 0 spiro atoms. The first-order chi connectivity index (χ1) is 13.0. The zero-order valence-corrected chi connectivity index (χ0v) is 21.4. The Kier molecular flexibility index (Phi) is 16.3. The molecule has 27 heavy (non-hydrogen) atoms. The molecular formula is C21H48O4Si2. The lowest BCUT2D eigenvalue weighted by Crippen LogP contribution is -2.46. The third kappa shape index (κ3) is 10.0. The standard InChI is InChI=1S/C21H48O4Si2/c1-8-14-17-21(7)27(24-12-5,25-13-6)20-16-15-19-26(18-9-2,22-10-3)23-11-4/h21H,8-20H2,1-7H3. The largest absolute Gasteiger partial charge is 0.394 e. The van der Waals surface area contributed by atoms with E-state index in [4.69, 9.17) is 17.7 Å². The highest BCUT2D eigenvalue weighted by Gasteiger charge is 2.43. The molecule has 0 aromatic carbocycles. The van der Waals surface area contributed by atoms with Gasteiger partial charge in [-0.15, -0.1) is 0 Å². The molecule has 0 saturated carbocycles. The fraction of sp³-hybridized carbons (Fsp3) is 1.00. The Bertz CT molecular complexity index is 319. The molecule has 0 aromatic rings. The van der Waals surface area contributed by atoms with Crippen LogP contribution in [-0.4, -0.2) is 43.5 Å². The van der Waals surface area contributed by atoms with Gasteiger partial charge in [-0.25, -0.2) is 0 Å². The van der Waals surface area contributed by atoms with Gasteiger partial charge in [0.15, 0.2) is 0 Å². The second-order valence-electron chi connectivity index (χ2n) is 7.45. The van der Waals surface area contributed by atoms with Crippen molar-refractivity contribution in [2.75, 3.05) is 26.4 Å². The van der Waals surface area contributed by atoms with Crippen molar-refractivity contribution in [2.24, 2.45) is 0 Å². The summed E-state index contributed by atoms with van der Waals surface area (Å²) in [6, 6.07) is 3.28. The van der Waals surface area contributed by atoms with Gasteiger partial charge in [0.05, 0.1) is 0 Å². The Morgan fingerprint density at radius 3 is 1.56 bits per heavy atom. The first kappa shape index (κ1) is 27.3. The molecular weight excluding hydrogens is 372 g/mol. The van der Waals surface area contributed by atoms with E-state index in [1.54, 1.807) is 0 Å². The number of hydrogen-bond donors (Lipinski definition) is 0. The third-order valence-electron chi connectivity index (χ3n) is 5.30. The number of hydrogen-bond acceptors (Lipinski definition) is 4. The summed E-state index contributed by atoms with van der Waals surface area (Å²) < 4.78 is 25.1. The molecule has 0 bridgehead atoms. The molecule has 1 unspecified atom stereocenters. The average molecular weight is 421 g/mol. The minimum absolute atomic E-state index is 0.550. The Labute approximate surface area is 172 Å². The lowest BCUT2D eigenvalue weighted by molar-refractivity contribution is 0.169. The predicted molar refractivity (Wildman–Crippen MR) is 121 cm³/mol. The van der Waals surface area contributed by atoms with E-state index in [1.165, 1.54) is 19.3 Å². The van der Waals surface area contributed by atoms with Crippen LogP contribution >= 0.6 is 0 Å². The summed E-state index contributed by atoms with van der Waals surface area (Å²) in [4.78, 5) is 0. The van der Waals surface area contributed by atoms with E-state index in [-0.39, 0.29) is 0 Å². The topological polar surface area (TPSA) is 36.9 Å². The van der Waals surface area contributed by atoms with Gasteiger partial charge in [0.1, 0.15) is 0 Å². The van der Waals surface area contributed by atoms with Crippen molar-refractivity contribution in [2.45, 2.75) is 111 Å². The highest BCUT2D eigenvalue weighted by atomic mass is 28.4. The molecule has 0 rings (SSSR count). The molecule has 0 aromatic heterocycles. The summed E-state index contributed by atoms with van der Waals surface area (Å²) in [6.45, 7) is 18.3. The minimum atomic E-state index is -2.15. The zero-order chi connectivity index (χ0) is 20.6. The van der Waals surface area contributed by atoms with E-state index in [2.05, 4.69) is 48.5 Å². The Hall–Kier alpha value is 0.274. The maximum atomic E-state index is 6.37. The van der Waals surface area contributed by atoms with E-state index in [0.717, 1.165) is 63.8 Å². The highest BCUT2D eigenvalue weighted by Crippen LogP contribution is 2.35. The monoisotopic (exact) mass is 420 g/mol. The first-order valence-corrected chi connectivity index (χ1v) is 15.9. The van der Waals surface area contributed by atoms with E-state index < -0.39 is 17.1 Å². The van der Waals surface area contributed by atoms with Gasteiger partial charge < -0.3 is 17.7 Å². The van der Waals surface area contributed by atoms with Gasteiger partial charge in [0, 0.05) is 26.4 Å². The summed E-state index contributed by atoms with van der Waals surface area (Å²) in [5.74, 6) is 0. The summed E-state index contributed by atoms with van der Waals surface area (Å²) in [5.41, 5.74) is 0.550. The molecule has 4 nitrogen and oxygen atoms in total. The lowest BCUT2D eigenvalue weighted by atomic mass is 10.2. The van der Waals surface area contributed by atoms with Crippen LogP contribution in [0.25, 0.3) is 0 Å². The average Bonchev–Trinajstić information content (AvgIpc) is 2.64. The SMILES string of the molecule is CCCCC(C)[Si](CCCC[Si](CCC)(OCC)OCC)(OCC)OCC. The molecule has 0 aliphatic heterocycles. The molecule has 0 N–H and O–H groups in total. The molecule has 0 amide bonds. The van der Waals surface area contributed by atoms with Crippen LogP contribution < -0.4 is 0 Å². The van der Waals surface area contributed by atoms with E-state index in [0.29, 0.717) is 5.54 Å². The van der Waals surface area contributed by atoms with Crippen LogP contribution in [0.5, 0.6) is 0 Å². The molecule has 0 saturated heterocycles. The summed E-state index contributed by atoms with van der Waals surface area (Å²) in [5, 5.41) is 0. The molecule has 1 atom stereocenters. The molecule has 0 fully saturated rings. The van der Waals surface area contributed by atoms with Crippen molar-refractivity contribution in [3.63, 3.8) is 0 Å². The number of rotatable bonds is 19. The van der Waals surface area contributed by atoms with E-state index >= 15 is 0 Å². The Morgan fingerprint density at radius 2 is 1.11 bits per heavy atom. The van der Waals surface area contributed by atoms with Gasteiger partial charge in [-0.05, 0) is 57.8 Å². The van der Waals surface area contributed by atoms with Crippen molar-refractivity contribution < 1.29 is 17.7 Å². The van der Waals surface area contributed by atoms with Gasteiger partial charge in [-0.3, -0.25) is 0 Å². The quantitative estimate of drug-likeness (QED) is 0.170. The molecule has 164 valence electrons. The van der Waals surface area contributed by atoms with E-state index in [1.807, 2.05) is 0 Å².